The van der Waals surface area contributed by atoms with Gasteiger partial charge in [0.25, 0.3) is 0 Å². The van der Waals surface area contributed by atoms with Gasteiger partial charge in [0.05, 0.1) is 11.9 Å². The molecule has 0 aliphatic rings. The lowest BCUT2D eigenvalue weighted by atomic mass is 10.2. The SMILES string of the molecule is CC(C)CNc1cnn(CC(=O)N(C)C)c1. The van der Waals surface area contributed by atoms with E-state index in [2.05, 4.69) is 24.3 Å². The third-order valence-electron chi connectivity index (χ3n) is 2.14. The standard InChI is InChI=1S/C11H20N4O/c1-9(2)5-12-10-6-13-15(7-10)8-11(16)14(3)4/h6-7,9,12H,5,8H2,1-4H3. The number of hydrogen-bond donors (Lipinski definition) is 1. The number of likely N-dealkylation sites (N-methyl/N-ethyl adjacent to an activating group) is 1. The lowest BCUT2D eigenvalue weighted by Crippen LogP contribution is -2.26. The lowest BCUT2D eigenvalue weighted by Gasteiger charge is -2.09. The fraction of sp³-hybridized carbons (Fsp3) is 0.636. The van der Waals surface area contributed by atoms with E-state index < -0.39 is 0 Å². The largest absolute Gasteiger partial charge is 0.382 e. The zero-order valence-corrected chi connectivity index (χ0v) is 10.4. The Bertz CT molecular complexity index is 344. The quantitative estimate of drug-likeness (QED) is 0.813. The minimum absolute atomic E-state index is 0.0403. The zero-order chi connectivity index (χ0) is 12.1. The molecule has 90 valence electrons. The van der Waals surface area contributed by atoms with Crippen molar-refractivity contribution < 1.29 is 4.79 Å². The summed E-state index contributed by atoms with van der Waals surface area (Å²) in [6.07, 6.45) is 3.59. The van der Waals surface area contributed by atoms with E-state index in [0.29, 0.717) is 5.92 Å². The number of carbonyl (C=O) groups excluding carboxylic acids is 1. The van der Waals surface area contributed by atoms with Crippen molar-refractivity contribution in [3.8, 4) is 0 Å². The highest BCUT2D eigenvalue weighted by Gasteiger charge is 2.06. The first-order valence-electron chi connectivity index (χ1n) is 5.45. The van der Waals surface area contributed by atoms with Crippen molar-refractivity contribution in [2.75, 3.05) is 26.0 Å². The zero-order valence-electron chi connectivity index (χ0n) is 10.4. The maximum atomic E-state index is 11.4. The highest BCUT2D eigenvalue weighted by molar-refractivity contribution is 5.75. The van der Waals surface area contributed by atoms with Crippen LogP contribution in [0.5, 0.6) is 0 Å². The maximum Gasteiger partial charge on any atom is 0.243 e. The number of carbonyl (C=O) groups is 1. The van der Waals surface area contributed by atoms with Gasteiger partial charge in [0.2, 0.25) is 5.91 Å². The summed E-state index contributed by atoms with van der Waals surface area (Å²) in [5.74, 6) is 0.630. The van der Waals surface area contributed by atoms with Crippen molar-refractivity contribution in [2.45, 2.75) is 20.4 Å². The summed E-state index contributed by atoms with van der Waals surface area (Å²) in [6.45, 7) is 5.49. The van der Waals surface area contributed by atoms with Gasteiger partial charge >= 0.3 is 0 Å². The second-order valence-electron chi connectivity index (χ2n) is 4.49. The molecule has 0 radical (unpaired) electrons. The summed E-state index contributed by atoms with van der Waals surface area (Å²) in [5.41, 5.74) is 0.959. The molecule has 0 atom stereocenters. The summed E-state index contributed by atoms with van der Waals surface area (Å²) in [7, 11) is 3.48. The van der Waals surface area contributed by atoms with Crippen molar-refractivity contribution >= 4 is 11.6 Å². The van der Waals surface area contributed by atoms with E-state index in [4.69, 9.17) is 0 Å². The molecule has 0 aromatic carbocycles. The van der Waals surface area contributed by atoms with E-state index >= 15 is 0 Å². The van der Waals surface area contributed by atoms with Crippen LogP contribution in [0, 0.1) is 5.92 Å². The van der Waals surface area contributed by atoms with Gasteiger partial charge in [0.1, 0.15) is 6.54 Å². The minimum atomic E-state index is 0.0403. The molecule has 1 aromatic rings. The van der Waals surface area contributed by atoms with Gasteiger partial charge in [-0.2, -0.15) is 5.10 Å². The molecule has 0 bridgehead atoms. The molecular weight excluding hydrogens is 204 g/mol. The van der Waals surface area contributed by atoms with E-state index in [9.17, 15) is 4.79 Å². The Morgan fingerprint density at radius 1 is 1.56 bits per heavy atom. The molecule has 0 saturated carbocycles. The Hall–Kier alpha value is -1.52. The molecule has 0 saturated heterocycles. The van der Waals surface area contributed by atoms with Crippen LogP contribution in [-0.2, 0) is 11.3 Å². The highest BCUT2D eigenvalue weighted by atomic mass is 16.2. The van der Waals surface area contributed by atoms with Crippen LogP contribution in [0.15, 0.2) is 12.4 Å². The first-order valence-corrected chi connectivity index (χ1v) is 5.45. The molecule has 0 fully saturated rings. The number of rotatable bonds is 5. The van der Waals surface area contributed by atoms with Crippen molar-refractivity contribution in [2.24, 2.45) is 5.92 Å². The second-order valence-corrected chi connectivity index (χ2v) is 4.49. The van der Waals surface area contributed by atoms with Crippen LogP contribution in [0.25, 0.3) is 0 Å². The van der Waals surface area contributed by atoms with Crippen LogP contribution < -0.4 is 5.32 Å². The average molecular weight is 224 g/mol. The van der Waals surface area contributed by atoms with Gasteiger partial charge in [0.15, 0.2) is 0 Å². The second kappa shape index (κ2) is 5.53. The normalized spacial score (nSPS) is 10.6. The van der Waals surface area contributed by atoms with Crippen molar-refractivity contribution in [3.05, 3.63) is 12.4 Å². The predicted molar refractivity (Wildman–Crippen MR) is 64.2 cm³/mol. The third-order valence-corrected chi connectivity index (χ3v) is 2.14. The smallest absolute Gasteiger partial charge is 0.243 e. The first-order chi connectivity index (χ1) is 7.49. The van der Waals surface area contributed by atoms with Gasteiger partial charge in [-0.1, -0.05) is 13.8 Å². The van der Waals surface area contributed by atoms with E-state index in [1.807, 2.05) is 6.20 Å². The average Bonchev–Trinajstić information content (AvgIpc) is 2.62. The van der Waals surface area contributed by atoms with Gasteiger partial charge < -0.3 is 10.2 Å². The number of aromatic nitrogens is 2. The Morgan fingerprint density at radius 3 is 2.81 bits per heavy atom. The fourth-order valence-corrected chi connectivity index (χ4v) is 1.14. The van der Waals surface area contributed by atoms with Crippen LogP contribution in [0.4, 0.5) is 5.69 Å². The number of anilines is 1. The number of hydrogen-bond acceptors (Lipinski definition) is 3. The Balaban J connectivity index is 2.48. The molecule has 0 aliphatic heterocycles. The first kappa shape index (κ1) is 12.5. The third kappa shape index (κ3) is 3.92. The summed E-state index contributed by atoms with van der Waals surface area (Å²) in [5, 5.41) is 7.38. The molecule has 0 unspecified atom stereocenters. The van der Waals surface area contributed by atoms with Gasteiger partial charge in [-0.05, 0) is 5.92 Å². The molecule has 5 heteroatoms. The maximum absolute atomic E-state index is 11.4. The number of amides is 1. The Labute approximate surface area is 96.4 Å². The summed E-state index contributed by atoms with van der Waals surface area (Å²) in [4.78, 5) is 13.0. The molecule has 0 aliphatic carbocycles. The molecule has 1 amide bonds. The van der Waals surface area contributed by atoms with Gasteiger partial charge in [0, 0.05) is 26.8 Å². The van der Waals surface area contributed by atoms with Crippen molar-refractivity contribution in [1.29, 1.82) is 0 Å². The molecule has 16 heavy (non-hydrogen) atoms. The van der Waals surface area contributed by atoms with E-state index in [0.717, 1.165) is 12.2 Å². The molecule has 0 spiro atoms. The molecule has 1 N–H and O–H groups in total. The van der Waals surface area contributed by atoms with Crippen LogP contribution in [0.3, 0.4) is 0 Å². The molecule has 1 rings (SSSR count). The van der Waals surface area contributed by atoms with Gasteiger partial charge in [-0.3, -0.25) is 9.48 Å². The van der Waals surface area contributed by atoms with E-state index in [-0.39, 0.29) is 12.5 Å². The topological polar surface area (TPSA) is 50.2 Å². The molecular formula is C11H20N4O. The molecule has 5 nitrogen and oxygen atoms in total. The van der Waals surface area contributed by atoms with Gasteiger partial charge in [-0.15, -0.1) is 0 Å². The Morgan fingerprint density at radius 2 is 2.25 bits per heavy atom. The highest BCUT2D eigenvalue weighted by Crippen LogP contribution is 2.06. The monoisotopic (exact) mass is 224 g/mol. The van der Waals surface area contributed by atoms with Crippen LogP contribution >= 0.6 is 0 Å². The number of nitrogens with zero attached hydrogens (tertiary/aromatic N) is 3. The lowest BCUT2D eigenvalue weighted by molar-refractivity contribution is -0.129. The molecule has 1 heterocycles. The predicted octanol–water partition coefficient (Wildman–Crippen LogP) is 1.04. The van der Waals surface area contributed by atoms with Crippen LogP contribution in [0.2, 0.25) is 0 Å². The van der Waals surface area contributed by atoms with Crippen molar-refractivity contribution in [3.63, 3.8) is 0 Å². The Kier molecular flexibility index (Phi) is 4.34. The summed E-state index contributed by atoms with van der Waals surface area (Å²) in [6, 6.07) is 0. The summed E-state index contributed by atoms with van der Waals surface area (Å²) < 4.78 is 1.64. The van der Waals surface area contributed by atoms with E-state index in [1.165, 1.54) is 0 Å². The number of nitrogens with one attached hydrogen (secondary N) is 1. The van der Waals surface area contributed by atoms with Crippen LogP contribution in [-0.4, -0.2) is 41.2 Å². The van der Waals surface area contributed by atoms with E-state index in [1.54, 1.807) is 29.9 Å². The fourth-order valence-electron chi connectivity index (χ4n) is 1.14. The summed E-state index contributed by atoms with van der Waals surface area (Å²) >= 11 is 0. The van der Waals surface area contributed by atoms with Gasteiger partial charge in [-0.25, -0.2) is 0 Å². The van der Waals surface area contributed by atoms with Crippen LogP contribution in [0.1, 0.15) is 13.8 Å². The van der Waals surface area contributed by atoms with Crippen molar-refractivity contribution in [1.82, 2.24) is 14.7 Å². The minimum Gasteiger partial charge on any atom is -0.382 e. The molecule has 1 aromatic heterocycles.